The second kappa shape index (κ2) is 4.82. The summed E-state index contributed by atoms with van der Waals surface area (Å²) in [5.74, 6) is 0.367. The quantitative estimate of drug-likeness (QED) is 0.749. The molecule has 0 aromatic heterocycles. The minimum Gasteiger partial charge on any atom is -0.506 e. The molecular formula is C12H17NO2. The maximum absolute atomic E-state index is 10.8. The fourth-order valence-electron chi connectivity index (χ4n) is 1.39. The molecule has 3 nitrogen and oxygen atoms in total. The molecule has 0 radical (unpaired) electrons. The topological polar surface area (TPSA) is 49.3 Å². The van der Waals surface area contributed by atoms with E-state index in [4.69, 9.17) is 0 Å². The number of phenols is 1. The lowest BCUT2D eigenvalue weighted by Gasteiger charge is -2.11. The minimum absolute atomic E-state index is 0.128. The van der Waals surface area contributed by atoms with Gasteiger partial charge in [-0.2, -0.15) is 0 Å². The predicted molar refractivity (Wildman–Crippen MR) is 61.1 cm³/mol. The second-order valence-corrected chi connectivity index (χ2v) is 3.77. The number of benzene rings is 1. The van der Waals surface area contributed by atoms with E-state index < -0.39 is 0 Å². The van der Waals surface area contributed by atoms with Crippen molar-refractivity contribution in [2.45, 2.75) is 33.1 Å². The van der Waals surface area contributed by atoms with Crippen LogP contribution in [-0.2, 0) is 4.79 Å². The molecular weight excluding hydrogens is 190 g/mol. The van der Waals surface area contributed by atoms with E-state index in [2.05, 4.69) is 19.2 Å². The number of phenolic OH excluding ortho intramolecular Hbond substituents is 1. The number of hydrogen-bond donors (Lipinski definition) is 2. The van der Waals surface area contributed by atoms with Gasteiger partial charge in [-0.15, -0.1) is 0 Å². The largest absolute Gasteiger partial charge is 0.506 e. The summed E-state index contributed by atoms with van der Waals surface area (Å²) in [5, 5.41) is 12.2. The standard InChI is InChI=1S/C12H17NO2/c1-4-8(2)10-5-6-11(12(15)7-10)13-9(3)14/h5-8,15H,4H2,1-3H3,(H,13,14)/t8-/m0/s1. The maximum atomic E-state index is 10.8. The van der Waals surface area contributed by atoms with E-state index in [0.717, 1.165) is 12.0 Å². The number of rotatable bonds is 3. The molecule has 1 aromatic rings. The number of nitrogens with one attached hydrogen (secondary N) is 1. The van der Waals surface area contributed by atoms with E-state index in [9.17, 15) is 9.90 Å². The predicted octanol–water partition coefficient (Wildman–Crippen LogP) is 2.86. The first-order chi connectivity index (χ1) is 7.04. The van der Waals surface area contributed by atoms with Gasteiger partial charge in [0.1, 0.15) is 5.75 Å². The first kappa shape index (κ1) is 11.6. The molecule has 2 N–H and O–H groups in total. The Hall–Kier alpha value is -1.51. The van der Waals surface area contributed by atoms with Crippen molar-refractivity contribution in [3.63, 3.8) is 0 Å². The number of carbonyl (C=O) groups excluding carboxylic acids is 1. The summed E-state index contributed by atoms with van der Waals surface area (Å²) in [7, 11) is 0. The van der Waals surface area contributed by atoms with Crippen LogP contribution in [0.5, 0.6) is 5.75 Å². The molecule has 0 aliphatic carbocycles. The number of hydrogen-bond acceptors (Lipinski definition) is 2. The fraction of sp³-hybridized carbons (Fsp3) is 0.417. The number of anilines is 1. The Morgan fingerprint density at radius 2 is 2.20 bits per heavy atom. The summed E-state index contributed by atoms with van der Waals surface area (Å²) in [5.41, 5.74) is 1.55. The number of carbonyl (C=O) groups is 1. The van der Waals surface area contributed by atoms with Crippen LogP contribution in [0, 0.1) is 0 Å². The Balaban J connectivity index is 2.92. The van der Waals surface area contributed by atoms with Gasteiger partial charge in [-0.25, -0.2) is 0 Å². The lowest BCUT2D eigenvalue weighted by atomic mass is 9.98. The normalized spacial score (nSPS) is 12.2. The minimum atomic E-state index is -0.179. The van der Waals surface area contributed by atoms with Crippen LogP contribution in [0.1, 0.15) is 38.7 Å². The van der Waals surface area contributed by atoms with Crippen molar-refractivity contribution in [3.8, 4) is 5.75 Å². The molecule has 0 fully saturated rings. The van der Waals surface area contributed by atoms with Crippen molar-refractivity contribution in [1.82, 2.24) is 0 Å². The first-order valence-corrected chi connectivity index (χ1v) is 5.15. The van der Waals surface area contributed by atoms with Crippen LogP contribution in [0.25, 0.3) is 0 Å². The summed E-state index contributed by atoms with van der Waals surface area (Å²) in [4.78, 5) is 10.8. The van der Waals surface area contributed by atoms with Gasteiger partial charge in [0.15, 0.2) is 0 Å². The molecule has 0 heterocycles. The van der Waals surface area contributed by atoms with Gasteiger partial charge < -0.3 is 10.4 Å². The second-order valence-electron chi connectivity index (χ2n) is 3.77. The highest BCUT2D eigenvalue weighted by Gasteiger charge is 2.07. The summed E-state index contributed by atoms with van der Waals surface area (Å²) in [6, 6.07) is 5.37. The van der Waals surface area contributed by atoms with E-state index in [1.165, 1.54) is 6.92 Å². The Morgan fingerprint density at radius 3 is 2.67 bits per heavy atom. The van der Waals surface area contributed by atoms with Gasteiger partial charge in [0.05, 0.1) is 5.69 Å². The summed E-state index contributed by atoms with van der Waals surface area (Å²) in [6.45, 7) is 5.62. The van der Waals surface area contributed by atoms with Gasteiger partial charge in [0, 0.05) is 6.92 Å². The Morgan fingerprint density at radius 1 is 1.53 bits per heavy atom. The van der Waals surface area contributed by atoms with Crippen molar-refractivity contribution in [1.29, 1.82) is 0 Å². The third-order valence-electron chi connectivity index (χ3n) is 2.51. The molecule has 0 aliphatic heterocycles. The zero-order chi connectivity index (χ0) is 11.4. The molecule has 3 heteroatoms. The van der Waals surface area contributed by atoms with E-state index >= 15 is 0 Å². The van der Waals surface area contributed by atoms with E-state index in [0.29, 0.717) is 11.6 Å². The molecule has 0 saturated carbocycles. The summed E-state index contributed by atoms with van der Waals surface area (Å²) < 4.78 is 0. The third-order valence-corrected chi connectivity index (χ3v) is 2.51. The zero-order valence-corrected chi connectivity index (χ0v) is 9.37. The molecule has 0 unspecified atom stereocenters. The van der Waals surface area contributed by atoms with Crippen molar-refractivity contribution in [2.24, 2.45) is 0 Å². The van der Waals surface area contributed by atoms with Gasteiger partial charge in [0.2, 0.25) is 5.91 Å². The van der Waals surface area contributed by atoms with Crippen LogP contribution in [0.4, 0.5) is 5.69 Å². The van der Waals surface area contributed by atoms with Crippen LogP contribution in [0.15, 0.2) is 18.2 Å². The molecule has 1 amide bonds. The average Bonchev–Trinajstić information content (AvgIpc) is 2.19. The zero-order valence-electron chi connectivity index (χ0n) is 9.37. The Bertz CT molecular complexity index is 361. The van der Waals surface area contributed by atoms with Gasteiger partial charge in [-0.05, 0) is 30.0 Å². The van der Waals surface area contributed by atoms with Crippen molar-refractivity contribution in [2.75, 3.05) is 5.32 Å². The molecule has 1 rings (SSSR count). The Labute approximate surface area is 90.1 Å². The van der Waals surface area contributed by atoms with Gasteiger partial charge >= 0.3 is 0 Å². The highest BCUT2D eigenvalue weighted by molar-refractivity contribution is 5.90. The van der Waals surface area contributed by atoms with Gasteiger partial charge in [0.25, 0.3) is 0 Å². The monoisotopic (exact) mass is 207 g/mol. The average molecular weight is 207 g/mol. The SMILES string of the molecule is CC[C@H](C)c1ccc(NC(C)=O)c(O)c1. The molecule has 0 aliphatic rings. The first-order valence-electron chi connectivity index (χ1n) is 5.15. The van der Waals surface area contributed by atoms with Crippen molar-refractivity contribution >= 4 is 11.6 Å². The highest BCUT2D eigenvalue weighted by atomic mass is 16.3. The third kappa shape index (κ3) is 2.98. The van der Waals surface area contributed by atoms with Crippen LogP contribution in [0.3, 0.4) is 0 Å². The van der Waals surface area contributed by atoms with E-state index in [1.54, 1.807) is 12.1 Å². The summed E-state index contributed by atoms with van der Waals surface area (Å²) in [6.07, 6.45) is 1.03. The molecule has 1 atom stereocenters. The lowest BCUT2D eigenvalue weighted by Crippen LogP contribution is -2.06. The van der Waals surface area contributed by atoms with Crippen LogP contribution in [0.2, 0.25) is 0 Å². The van der Waals surface area contributed by atoms with Crippen molar-refractivity contribution in [3.05, 3.63) is 23.8 Å². The van der Waals surface area contributed by atoms with Crippen molar-refractivity contribution < 1.29 is 9.90 Å². The van der Waals surface area contributed by atoms with Gasteiger partial charge in [-0.1, -0.05) is 19.9 Å². The molecule has 0 saturated heterocycles. The van der Waals surface area contributed by atoms with Gasteiger partial charge in [-0.3, -0.25) is 4.79 Å². The fourth-order valence-corrected chi connectivity index (χ4v) is 1.39. The molecule has 0 spiro atoms. The van der Waals surface area contributed by atoms with Crippen LogP contribution in [-0.4, -0.2) is 11.0 Å². The smallest absolute Gasteiger partial charge is 0.221 e. The molecule has 0 bridgehead atoms. The molecule has 82 valence electrons. The lowest BCUT2D eigenvalue weighted by molar-refractivity contribution is -0.114. The Kier molecular flexibility index (Phi) is 3.72. The van der Waals surface area contributed by atoms with Crippen LogP contribution < -0.4 is 5.32 Å². The molecule has 15 heavy (non-hydrogen) atoms. The van der Waals surface area contributed by atoms with E-state index in [-0.39, 0.29) is 11.7 Å². The number of amides is 1. The summed E-state index contributed by atoms with van der Waals surface area (Å²) >= 11 is 0. The number of aromatic hydroxyl groups is 1. The highest BCUT2D eigenvalue weighted by Crippen LogP contribution is 2.28. The van der Waals surface area contributed by atoms with E-state index in [1.807, 2.05) is 6.07 Å². The maximum Gasteiger partial charge on any atom is 0.221 e. The van der Waals surface area contributed by atoms with Crippen LogP contribution >= 0.6 is 0 Å². The molecule has 1 aromatic carbocycles.